The first-order valence-corrected chi connectivity index (χ1v) is 5.93. The van der Waals surface area contributed by atoms with Gasteiger partial charge < -0.3 is 4.74 Å². The Hall–Kier alpha value is -1.31. The first-order valence-electron chi connectivity index (χ1n) is 5.93. The Kier molecular flexibility index (Phi) is 2.75. The van der Waals surface area contributed by atoms with Crippen molar-refractivity contribution in [3.63, 3.8) is 0 Å². The molecule has 0 radical (unpaired) electrons. The third-order valence-corrected chi connectivity index (χ3v) is 3.54. The van der Waals surface area contributed by atoms with Gasteiger partial charge in [-0.1, -0.05) is 19.9 Å². The normalized spacial score (nSPS) is 17.8. The van der Waals surface area contributed by atoms with E-state index >= 15 is 0 Å². The molecule has 0 saturated carbocycles. The Balaban J connectivity index is 2.45. The fourth-order valence-corrected chi connectivity index (χ4v) is 2.25. The van der Waals surface area contributed by atoms with E-state index in [1.165, 1.54) is 0 Å². The topological polar surface area (TPSA) is 26.3 Å². The zero-order valence-corrected chi connectivity index (χ0v) is 10.2. The number of hydrogen-bond donors (Lipinski definition) is 0. The van der Waals surface area contributed by atoms with E-state index in [0.717, 1.165) is 29.7 Å². The van der Waals surface area contributed by atoms with Gasteiger partial charge in [0.05, 0.1) is 12.0 Å². The average molecular weight is 218 g/mol. The molecule has 16 heavy (non-hydrogen) atoms. The third-order valence-electron chi connectivity index (χ3n) is 3.54. The molecule has 2 nitrogen and oxygen atoms in total. The van der Waals surface area contributed by atoms with E-state index in [2.05, 4.69) is 13.8 Å². The third kappa shape index (κ3) is 1.73. The van der Waals surface area contributed by atoms with E-state index in [1.54, 1.807) is 0 Å². The molecule has 0 bridgehead atoms. The second-order valence-electron chi connectivity index (χ2n) is 4.59. The number of rotatable bonds is 2. The van der Waals surface area contributed by atoms with Gasteiger partial charge in [0.15, 0.2) is 5.78 Å². The first-order chi connectivity index (χ1) is 7.60. The second-order valence-corrected chi connectivity index (χ2v) is 4.59. The molecule has 0 amide bonds. The van der Waals surface area contributed by atoms with Crippen molar-refractivity contribution in [2.75, 3.05) is 0 Å². The number of fused-ring (bicyclic) bond motifs is 1. The highest BCUT2D eigenvalue weighted by molar-refractivity contribution is 6.00. The van der Waals surface area contributed by atoms with Gasteiger partial charge in [-0.25, -0.2) is 0 Å². The Morgan fingerprint density at radius 2 is 2.00 bits per heavy atom. The Morgan fingerprint density at radius 3 is 2.62 bits per heavy atom. The molecule has 86 valence electrons. The van der Waals surface area contributed by atoms with Crippen molar-refractivity contribution >= 4 is 5.78 Å². The lowest BCUT2D eigenvalue weighted by atomic mass is 9.85. The Bertz CT molecular complexity index is 417. The van der Waals surface area contributed by atoms with Crippen molar-refractivity contribution in [3.05, 3.63) is 29.3 Å². The van der Waals surface area contributed by atoms with E-state index in [-0.39, 0.29) is 11.4 Å². The van der Waals surface area contributed by atoms with E-state index in [0.29, 0.717) is 6.42 Å². The highest BCUT2D eigenvalue weighted by atomic mass is 16.5. The number of carbonyl (C=O) groups excluding carboxylic acids is 1. The van der Waals surface area contributed by atoms with Crippen molar-refractivity contribution in [1.29, 1.82) is 0 Å². The minimum atomic E-state index is -0.280. The van der Waals surface area contributed by atoms with Gasteiger partial charge in [0.1, 0.15) is 11.4 Å². The fraction of sp³-hybridized carbons (Fsp3) is 0.500. The molecule has 0 spiro atoms. The molecule has 0 atom stereocenters. The molecule has 1 heterocycles. The number of benzene rings is 1. The molecule has 1 aromatic rings. The van der Waals surface area contributed by atoms with Crippen LogP contribution in [0.4, 0.5) is 0 Å². The number of Topliss-reactive ketones (excluding diaryl/α,β-unsaturated/α-hetero) is 1. The van der Waals surface area contributed by atoms with Crippen molar-refractivity contribution in [2.24, 2.45) is 0 Å². The van der Waals surface area contributed by atoms with E-state index in [9.17, 15) is 4.79 Å². The van der Waals surface area contributed by atoms with Gasteiger partial charge in [0.25, 0.3) is 0 Å². The molecule has 0 aromatic heterocycles. The van der Waals surface area contributed by atoms with Gasteiger partial charge in [-0.3, -0.25) is 4.79 Å². The van der Waals surface area contributed by atoms with Crippen LogP contribution >= 0.6 is 0 Å². The molecule has 0 N–H and O–H groups in total. The van der Waals surface area contributed by atoms with Crippen LogP contribution < -0.4 is 4.74 Å². The van der Waals surface area contributed by atoms with Crippen LogP contribution in [0.5, 0.6) is 5.75 Å². The zero-order valence-electron chi connectivity index (χ0n) is 10.2. The number of ketones is 1. The van der Waals surface area contributed by atoms with Crippen LogP contribution in [-0.2, 0) is 0 Å². The maximum Gasteiger partial charge on any atom is 0.170 e. The summed E-state index contributed by atoms with van der Waals surface area (Å²) in [6.07, 6.45) is 2.27. The summed E-state index contributed by atoms with van der Waals surface area (Å²) in [6.45, 7) is 6.18. The number of carbonyl (C=O) groups is 1. The molecule has 2 rings (SSSR count). The Morgan fingerprint density at radius 1 is 1.31 bits per heavy atom. The number of hydrogen-bond acceptors (Lipinski definition) is 2. The maximum atomic E-state index is 12.1. The highest BCUT2D eigenvalue weighted by Gasteiger charge is 2.37. The van der Waals surface area contributed by atoms with Gasteiger partial charge in [-0.2, -0.15) is 0 Å². The largest absolute Gasteiger partial charge is 0.486 e. The first kappa shape index (κ1) is 11.2. The molecule has 0 unspecified atom stereocenters. The molecular formula is C14H18O2. The highest BCUT2D eigenvalue weighted by Crippen LogP contribution is 2.37. The zero-order chi connectivity index (χ0) is 11.8. The van der Waals surface area contributed by atoms with Crippen LogP contribution in [-0.4, -0.2) is 11.4 Å². The summed E-state index contributed by atoms with van der Waals surface area (Å²) < 4.78 is 6.05. The summed E-state index contributed by atoms with van der Waals surface area (Å²) in [5.74, 6) is 0.977. The fourth-order valence-electron chi connectivity index (χ4n) is 2.25. The van der Waals surface area contributed by atoms with Gasteiger partial charge in [0.2, 0.25) is 0 Å². The van der Waals surface area contributed by atoms with Crippen LogP contribution in [0.3, 0.4) is 0 Å². The summed E-state index contributed by atoms with van der Waals surface area (Å²) in [5.41, 5.74) is 1.59. The van der Waals surface area contributed by atoms with Crippen LogP contribution in [0.15, 0.2) is 18.2 Å². The van der Waals surface area contributed by atoms with E-state index in [1.807, 2.05) is 25.1 Å². The molecule has 0 fully saturated rings. The molecule has 0 saturated heterocycles. The van der Waals surface area contributed by atoms with Gasteiger partial charge in [-0.05, 0) is 37.5 Å². The van der Waals surface area contributed by atoms with Gasteiger partial charge in [0, 0.05) is 0 Å². The summed E-state index contributed by atoms with van der Waals surface area (Å²) in [5, 5.41) is 0. The average Bonchev–Trinajstić information content (AvgIpc) is 2.28. The predicted octanol–water partition coefficient (Wildman–Crippen LogP) is 3.52. The molecular weight excluding hydrogens is 200 g/mol. The van der Waals surface area contributed by atoms with Crippen LogP contribution in [0.2, 0.25) is 0 Å². The van der Waals surface area contributed by atoms with Gasteiger partial charge >= 0.3 is 0 Å². The quantitative estimate of drug-likeness (QED) is 0.759. The Labute approximate surface area is 96.6 Å². The molecule has 1 aromatic carbocycles. The SMILES string of the molecule is CCC1(CC)CC(=O)c2ccc(C)cc2O1. The van der Waals surface area contributed by atoms with Crippen molar-refractivity contribution in [3.8, 4) is 5.75 Å². The summed E-state index contributed by atoms with van der Waals surface area (Å²) in [4.78, 5) is 12.1. The minimum Gasteiger partial charge on any atom is -0.486 e. The van der Waals surface area contributed by atoms with E-state index < -0.39 is 0 Å². The molecule has 1 aliphatic heterocycles. The summed E-state index contributed by atoms with van der Waals surface area (Å²) in [6, 6.07) is 5.81. The molecule has 0 aliphatic carbocycles. The standard InChI is InChI=1S/C14H18O2/c1-4-14(5-2)9-12(15)11-7-6-10(3)8-13(11)16-14/h6-8H,4-5,9H2,1-3H3. The summed E-state index contributed by atoms with van der Waals surface area (Å²) in [7, 11) is 0. The molecule has 1 aliphatic rings. The number of aryl methyl sites for hydroxylation is 1. The van der Waals surface area contributed by atoms with Crippen LogP contribution in [0.1, 0.15) is 49.0 Å². The maximum absolute atomic E-state index is 12.1. The minimum absolute atomic E-state index is 0.213. The van der Waals surface area contributed by atoms with Crippen molar-refractivity contribution in [2.45, 2.75) is 45.6 Å². The van der Waals surface area contributed by atoms with Crippen molar-refractivity contribution < 1.29 is 9.53 Å². The van der Waals surface area contributed by atoms with Crippen LogP contribution in [0.25, 0.3) is 0 Å². The van der Waals surface area contributed by atoms with Gasteiger partial charge in [-0.15, -0.1) is 0 Å². The number of ether oxygens (including phenoxy) is 1. The lowest BCUT2D eigenvalue weighted by Gasteiger charge is -2.36. The van der Waals surface area contributed by atoms with Crippen molar-refractivity contribution in [1.82, 2.24) is 0 Å². The molecule has 2 heteroatoms. The lowest BCUT2D eigenvalue weighted by Crippen LogP contribution is -2.40. The van der Waals surface area contributed by atoms with Crippen LogP contribution in [0, 0.1) is 6.92 Å². The monoisotopic (exact) mass is 218 g/mol. The summed E-state index contributed by atoms with van der Waals surface area (Å²) >= 11 is 0. The predicted molar refractivity (Wildman–Crippen MR) is 64.1 cm³/mol. The van der Waals surface area contributed by atoms with E-state index in [4.69, 9.17) is 4.74 Å². The smallest absolute Gasteiger partial charge is 0.170 e. The lowest BCUT2D eigenvalue weighted by molar-refractivity contribution is 0.0349. The second kappa shape index (κ2) is 3.93.